The maximum atomic E-state index is 14.7. The molecule has 4 rings (SSSR count). The topological polar surface area (TPSA) is 21.5 Å². The Kier molecular flexibility index (Phi) is 12.2. The Morgan fingerprint density at radius 3 is 2.34 bits per heavy atom. The Morgan fingerprint density at radius 2 is 1.61 bits per heavy atom. The van der Waals surface area contributed by atoms with Crippen molar-refractivity contribution < 1.29 is 22.8 Å². The van der Waals surface area contributed by atoms with Crippen molar-refractivity contribution in [2.45, 2.75) is 97.4 Å². The molecule has 0 radical (unpaired) electrons. The van der Waals surface area contributed by atoms with Gasteiger partial charge in [0.15, 0.2) is 23.8 Å². The molecule has 1 aliphatic rings. The summed E-state index contributed by atoms with van der Waals surface area (Å²) in [6.07, 6.45) is 13.4. The maximum absolute atomic E-state index is 14.7. The molecule has 1 aromatic heterocycles. The van der Waals surface area contributed by atoms with Crippen LogP contribution in [0, 0.1) is 11.6 Å². The minimum atomic E-state index is -0.404. The van der Waals surface area contributed by atoms with Gasteiger partial charge in [-0.2, -0.15) is 11.3 Å². The molecule has 222 valence electrons. The molecule has 2 heterocycles. The van der Waals surface area contributed by atoms with Gasteiger partial charge in [-0.15, -0.1) is 0 Å². The molecule has 0 fully saturated rings. The van der Waals surface area contributed by atoms with Crippen molar-refractivity contribution in [3.8, 4) is 22.6 Å². The molecule has 0 aliphatic carbocycles. The molecule has 0 spiro atoms. The minimum absolute atomic E-state index is 0.347. The molecule has 2 aromatic carbocycles. The van der Waals surface area contributed by atoms with Crippen molar-refractivity contribution in [1.82, 2.24) is 0 Å². The molecular weight excluding hydrogens is 536 g/mol. The summed E-state index contributed by atoms with van der Waals surface area (Å²) in [6, 6.07) is 8.12. The van der Waals surface area contributed by atoms with E-state index >= 15 is 0 Å². The van der Waals surface area contributed by atoms with Crippen molar-refractivity contribution >= 4 is 17.0 Å². The number of methoxy groups -OCH3 is 1. The van der Waals surface area contributed by atoms with E-state index in [0.29, 0.717) is 18.7 Å². The van der Waals surface area contributed by atoms with Gasteiger partial charge < -0.3 is 9.47 Å². The lowest BCUT2D eigenvalue weighted by molar-refractivity contribution is -0.546. The van der Waals surface area contributed by atoms with Crippen LogP contribution in [-0.4, -0.2) is 30.5 Å². The first-order chi connectivity index (χ1) is 20.1. The second-order valence-corrected chi connectivity index (χ2v) is 11.9. The first kappa shape index (κ1) is 31.2. The van der Waals surface area contributed by atoms with Crippen LogP contribution in [0.25, 0.3) is 11.1 Å². The van der Waals surface area contributed by atoms with E-state index in [-0.39, 0.29) is 5.82 Å². The van der Waals surface area contributed by atoms with E-state index in [4.69, 9.17) is 9.47 Å². The van der Waals surface area contributed by atoms with E-state index in [1.807, 2.05) is 0 Å². The van der Waals surface area contributed by atoms with E-state index in [1.54, 1.807) is 18.4 Å². The predicted molar refractivity (Wildman–Crippen MR) is 167 cm³/mol. The van der Waals surface area contributed by atoms with E-state index in [1.165, 1.54) is 68.0 Å². The fraction of sp³-hybridized carbons (Fsp3) is 0.514. The van der Waals surface area contributed by atoms with E-state index in [0.717, 1.165) is 73.3 Å². The van der Waals surface area contributed by atoms with Gasteiger partial charge in [-0.05, 0) is 59.5 Å². The Balaban J connectivity index is 1.74. The van der Waals surface area contributed by atoms with Crippen molar-refractivity contribution in [2.75, 3.05) is 20.3 Å². The molecule has 0 saturated carbocycles. The summed E-state index contributed by atoms with van der Waals surface area (Å²) in [5.74, 6) is 0.878. The Labute approximate surface area is 249 Å². The molecule has 3 aromatic rings. The summed E-state index contributed by atoms with van der Waals surface area (Å²) in [5, 5.41) is 4.23. The SMILES string of the molecule is CCCCCCCCOc1c2c(cc(-c3ccsc3)c1OC)C(CCCCCC)=[N+](Cc1cc(F)ccc1F)CC2. The molecule has 0 saturated heterocycles. The zero-order valence-corrected chi connectivity index (χ0v) is 25.9. The van der Waals surface area contributed by atoms with Crippen LogP contribution in [0.15, 0.2) is 41.1 Å². The average molecular weight is 583 g/mol. The van der Waals surface area contributed by atoms with E-state index in [9.17, 15) is 8.78 Å². The normalized spacial score (nSPS) is 13.0. The number of fused-ring (bicyclic) bond motifs is 1. The van der Waals surface area contributed by atoms with Gasteiger partial charge >= 0.3 is 0 Å². The van der Waals surface area contributed by atoms with Crippen LogP contribution in [0.2, 0.25) is 0 Å². The number of nitrogens with zero attached hydrogens (tertiary/aromatic N) is 1. The molecule has 0 unspecified atom stereocenters. The molecule has 1 aliphatic heterocycles. The lowest BCUT2D eigenvalue weighted by atomic mass is 9.88. The largest absolute Gasteiger partial charge is 0.492 e. The second kappa shape index (κ2) is 16.1. The molecule has 0 bridgehead atoms. The third-order valence-corrected chi connectivity index (χ3v) is 8.76. The van der Waals surface area contributed by atoms with E-state index in [2.05, 4.69) is 41.3 Å². The zero-order valence-electron chi connectivity index (χ0n) is 25.1. The number of unbranched alkanes of at least 4 members (excludes halogenated alkanes) is 8. The lowest BCUT2D eigenvalue weighted by Crippen LogP contribution is -2.31. The van der Waals surface area contributed by atoms with Crippen LogP contribution in [0.5, 0.6) is 11.5 Å². The number of halogens is 2. The Bertz CT molecular complexity index is 1290. The van der Waals surface area contributed by atoms with Gasteiger partial charge in [0, 0.05) is 29.5 Å². The van der Waals surface area contributed by atoms with Crippen LogP contribution in [-0.2, 0) is 13.0 Å². The van der Waals surface area contributed by atoms with Gasteiger partial charge in [0.2, 0.25) is 0 Å². The Morgan fingerprint density at radius 1 is 0.854 bits per heavy atom. The molecule has 41 heavy (non-hydrogen) atoms. The van der Waals surface area contributed by atoms with Crippen LogP contribution in [0.4, 0.5) is 8.78 Å². The van der Waals surface area contributed by atoms with Crippen LogP contribution >= 0.6 is 11.3 Å². The number of thiophene rings is 1. The highest BCUT2D eigenvalue weighted by Gasteiger charge is 2.32. The number of benzene rings is 2. The number of ether oxygens (including phenoxy) is 2. The molecule has 3 nitrogen and oxygen atoms in total. The summed E-state index contributed by atoms with van der Waals surface area (Å²) < 4.78 is 43.7. The second-order valence-electron chi connectivity index (χ2n) is 11.1. The summed E-state index contributed by atoms with van der Waals surface area (Å²) in [5.41, 5.74) is 6.05. The van der Waals surface area contributed by atoms with Crippen molar-refractivity contribution in [3.63, 3.8) is 0 Å². The maximum Gasteiger partial charge on any atom is 0.184 e. The van der Waals surface area contributed by atoms with Gasteiger partial charge in [0.05, 0.1) is 19.3 Å². The molecule has 0 atom stereocenters. The first-order valence-electron chi connectivity index (χ1n) is 15.5. The summed E-state index contributed by atoms with van der Waals surface area (Å²) >= 11 is 1.66. The van der Waals surface area contributed by atoms with Crippen molar-refractivity contribution in [2.24, 2.45) is 0 Å². The van der Waals surface area contributed by atoms with E-state index < -0.39 is 5.82 Å². The van der Waals surface area contributed by atoms with Crippen LogP contribution in [0.3, 0.4) is 0 Å². The fourth-order valence-electron chi connectivity index (χ4n) is 5.84. The molecule has 6 heteroatoms. The average Bonchev–Trinajstić information content (AvgIpc) is 3.52. The minimum Gasteiger partial charge on any atom is -0.492 e. The third kappa shape index (κ3) is 8.18. The Hall–Kier alpha value is -2.73. The molecule has 0 amide bonds. The highest BCUT2D eigenvalue weighted by Crippen LogP contribution is 2.45. The number of hydrogen-bond acceptors (Lipinski definition) is 3. The standard InChI is InChI=1S/C35H46F2NO2S/c1-4-6-8-10-11-13-20-40-35-29-17-19-38(24-27-22-28(36)15-16-32(27)37)33(14-12-9-7-5-2)31(29)23-30(34(35)39-3)26-18-21-41-25-26/h15-16,18,21-23,25H,4-14,17,19-20,24H2,1-3H3/q+1. The van der Waals surface area contributed by atoms with Gasteiger partial charge in [-0.3, -0.25) is 0 Å². The van der Waals surface area contributed by atoms with Gasteiger partial charge in [-0.1, -0.05) is 65.2 Å². The molecular formula is C35H46F2NO2S+. The zero-order chi connectivity index (χ0) is 29.0. The van der Waals surface area contributed by atoms with Gasteiger partial charge in [-0.25, -0.2) is 13.4 Å². The summed E-state index contributed by atoms with van der Waals surface area (Å²) in [7, 11) is 1.73. The lowest BCUT2D eigenvalue weighted by Gasteiger charge is -2.25. The molecule has 0 N–H and O–H groups in total. The number of hydrogen-bond donors (Lipinski definition) is 0. The van der Waals surface area contributed by atoms with Gasteiger partial charge in [0.25, 0.3) is 0 Å². The number of rotatable bonds is 17. The highest BCUT2D eigenvalue weighted by atomic mass is 32.1. The highest BCUT2D eigenvalue weighted by molar-refractivity contribution is 7.08. The summed E-state index contributed by atoms with van der Waals surface area (Å²) in [6.45, 7) is 6.19. The van der Waals surface area contributed by atoms with Crippen molar-refractivity contribution in [1.29, 1.82) is 0 Å². The van der Waals surface area contributed by atoms with Crippen LogP contribution < -0.4 is 9.47 Å². The summed E-state index contributed by atoms with van der Waals surface area (Å²) in [4.78, 5) is 0. The predicted octanol–water partition coefficient (Wildman–Crippen LogP) is 9.97. The van der Waals surface area contributed by atoms with Gasteiger partial charge in [0.1, 0.15) is 18.2 Å². The first-order valence-corrected chi connectivity index (χ1v) is 16.5. The quantitative estimate of drug-likeness (QED) is 0.117. The third-order valence-electron chi connectivity index (χ3n) is 8.08. The fourth-order valence-corrected chi connectivity index (χ4v) is 6.49. The van der Waals surface area contributed by atoms with Crippen LogP contribution in [0.1, 0.15) is 101 Å². The monoisotopic (exact) mass is 582 g/mol. The van der Waals surface area contributed by atoms with Crippen molar-refractivity contribution in [3.05, 3.63) is 69.4 Å². The smallest absolute Gasteiger partial charge is 0.184 e.